The molecule has 0 unspecified atom stereocenters. The summed E-state index contributed by atoms with van der Waals surface area (Å²) in [6.45, 7) is 10.4. The van der Waals surface area contributed by atoms with Crippen LogP contribution in [0.3, 0.4) is 0 Å². The number of carbonyl (C=O) groups is 3. The van der Waals surface area contributed by atoms with Crippen LogP contribution in [0.25, 0.3) is 0 Å². The summed E-state index contributed by atoms with van der Waals surface area (Å²) in [6, 6.07) is 0. The lowest BCUT2D eigenvalue weighted by Gasteiger charge is -2.19. The van der Waals surface area contributed by atoms with Gasteiger partial charge in [0, 0.05) is 25.9 Å². The molecule has 284 valence electrons. The summed E-state index contributed by atoms with van der Waals surface area (Å²) in [5.41, 5.74) is -0.378. The Hall–Kier alpha value is -1.63. The highest BCUT2D eigenvalue weighted by Gasteiger charge is 2.15. The van der Waals surface area contributed by atoms with Crippen molar-refractivity contribution >= 4 is 17.7 Å². The average molecular weight is 691 g/mol. The molecule has 48 heavy (non-hydrogen) atoms. The Morgan fingerprint density at radius 2 is 0.729 bits per heavy atom. The smallest absolute Gasteiger partial charge is 0.329 e. The normalized spacial score (nSPS) is 11.6. The number of carbonyl (C=O) groups excluding carboxylic acids is 2. The van der Waals surface area contributed by atoms with Crippen molar-refractivity contribution < 1.29 is 52.6 Å². The Balaban J connectivity index is 3.20. The fourth-order valence-corrected chi connectivity index (χ4v) is 4.86. The molecule has 11 nitrogen and oxygen atoms in total. The third kappa shape index (κ3) is 40.5. The zero-order valence-electron chi connectivity index (χ0n) is 30.7. The molecule has 0 amide bonds. The maximum atomic E-state index is 12.1. The minimum atomic E-state index is -0.993. The molecule has 0 aromatic heterocycles. The van der Waals surface area contributed by atoms with E-state index in [2.05, 4.69) is 0 Å². The zero-order chi connectivity index (χ0) is 35.4. The summed E-state index contributed by atoms with van der Waals surface area (Å²) in [6.07, 6.45) is 19.7. The first kappa shape index (κ1) is 46.4. The largest absolute Gasteiger partial charge is 0.480 e. The number of Topliss-reactive ketones (excluding diaryl/α,β-unsaturated/α-hetero) is 1. The third-order valence-electron chi connectivity index (χ3n) is 7.34. The zero-order valence-corrected chi connectivity index (χ0v) is 30.7. The summed E-state index contributed by atoms with van der Waals surface area (Å²) < 4.78 is 37.3. The molecule has 1 N–H and O–H groups in total. The van der Waals surface area contributed by atoms with Crippen LogP contribution < -0.4 is 0 Å². The van der Waals surface area contributed by atoms with Gasteiger partial charge in [-0.1, -0.05) is 77.0 Å². The Labute approximate surface area is 291 Å². The summed E-state index contributed by atoms with van der Waals surface area (Å²) in [7, 11) is 0. The quantitative estimate of drug-likeness (QED) is 0.0525. The van der Waals surface area contributed by atoms with E-state index >= 15 is 0 Å². The van der Waals surface area contributed by atoms with Crippen LogP contribution in [0.5, 0.6) is 0 Å². The van der Waals surface area contributed by atoms with Crippen molar-refractivity contribution in [1.82, 2.24) is 0 Å². The number of aliphatic carboxylic acids is 1. The van der Waals surface area contributed by atoms with E-state index in [0.29, 0.717) is 91.1 Å². The van der Waals surface area contributed by atoms with E-state index < -0.39 is 5.97 Å². The molecule has 0 aromatic rings. The van der Waals surface area contributed by atoms with Gasteiger partial charge >= 0.3 is 11.9 Å². The van der Waals surface area contributed by atoms with Crippen LogP contribution in [-0.4, -0.2) is 108 Å². The minimum absolute atomic E-state index is 0.0745. The van der Waals surface area contributed by atoms with Gasteiger partial charge in [-0.05, 0) is 40.0 Å². The number of carboxylic acid groups (broad SMARTS) is 1. The molecule has 0 spiro atoms. The number of esters is 1. The molecule has 0 fully saturated rings. The van der Waals surface area contributed by atoms with Crippen molar-refractivity contribution in [3.63, 3.8) is 0 Å². The Bertz CT molecular complexity index is 739. The first-order valence-electron chi connectivity index (χ1n) is 18.6. The van der Waals surface area contributed by atoms with Crippen LogP contribution in [0, 0.1) is 0 Å². The maximum absolute atomic E-state index is 12.1. The monoisotopic (exact) mass is 690 g/mol. The summed E-state index contributed by atoms with van der Waals surface area (Å²) in [5, 5.41) is 8.44. The average Bonchev–Trinajstić information content (AvgIpc) is 3.02. The first-order chi connectivity index (χ1) is 23.2. The van der Waals surface area contributed by atoms with Gasteiger partial charge in [-0.3, -0.25) is 9.59 Å². The fraction of sp³-hybridized carbons (Fsp3) is 0.919. The van der Waals surface area contributed by atoms with Gasteiger partial charge in [0.15, 0.2) is 0 Å². The van der Waals surface area contributed by atoms with Crippen molar-refractivity contribution in [2.45, 2.75) is 142 Å². The van der Waals surface area contributed by atoms with Gasteiger partial charge in [0.1, 0.15) is 18.0 Å². The molecule has 0 atom stereocenters. The lowest BCUT2D eigenvalue weighted by molar-refractivity contribution is -0.155. The topological polar surface area (TPSA) is 136 Å². The van der Waals surface area contributed by atoms with Crippen LogP contribution in [0.2, 0.25) is 0 Å². The number of hydrogen-bond acceptors (Lipinski definition) is 10. The molecule has 0 saturated heterocycles. The molecule has 0 heterocycles. The van der Waals surface area contributed by atoms with Crippen molar-refractivity contribution in [2.75, 3.05) is 79.3 Å². The van der Waals surface area contributed by atoms with Gasteiger partial charge < -0.3 is 38.3 Å². The van der Waals surface area contributed by atoms with E-state index in [1.807, 2.05) is 20.8 Å². The molecule has 0 rings (SSSR count). The van der Waals surface area contributed by atoms with E-state index in [9.17, 15) is 14.4 Å². The summed E-state index contributed by atoms with van der Waals surface area (Å²) in [4.78, 5) is 34.1. The molecule has 11 heteroatoms. The number of ether oxygens (including phenoxy) is 7. The van der Waals surface area contributed by atoms with Gasteiger partial charge in [0.25, 0.3) is 0 Å². The molecule has 0 saturated carbocycles. The number of unbranched alkanes of at least 4 members (excludes halogenated alkanes) is 13. The maximum Gasteiger partial charge on any atom is 0.329 e. The molecule has 0 radical (unpaired) electrons. The van der Waals surface area contributed by atoms with Crippen LogP contribution in [0.1, 0.15) is 136 Å². The van der Waals surface area contributed by atoms with Crippen molar-refractivity contribution in [2.24, 2.45) is 0 Å². The van der Waals surface area contributed by atoms with Gasteiger partial charge in [0.05, 0.1) is 66.1 Å². The SMILES string of the molecule is CC(C)(C)OC(=O)CCCCCCCCCCCCCCCCC(=O)CCCOCCOCCOCCOCCOCCOCC(=O)O. The summed E-state index contributed by atoms with van der Waals surface area (Å²) in [5.74, 6) is -0.726. The lowest BCUT2D eigenvalue weighted by Crippen LogP contribution is -2.23. The second-order valence-electron chi connectivity index (χ2n) is 13.2. The van der Waals surface area contributed by atoms with Gasteiger partial charge in [-0.25, -0.2) is 4.79 Å². The van der Waals surface area contributed by atoms with Crippen molar-refractivity contribution in [3.8, 4) is 0 Å². The van der Waals surface area contributed by atoms with Gasteiger partial charge in [0.2, 0.25) is 0 Å². The minimum Gasteiger partial charge on any atom is -0.480 e. The van der Waals surface area contributed by atoms with E-state index in [0.717, 1.165) is 32.1 Å². The Morgan fingerprint density at radius 1 is 0.417 bits per heavy atom. The second kappa shape index (κ2) is 35.2. The van der Waals surface area contributed by atoms with E-state index in [1.54, 1.807) is 0 Å². The van der Waals surface area contributed by atoms with Crippen LogP contribution in [0.15, 0.2) is 0 Å². The number of ketones is 1. The van der Waals surface area contributed by atoms with E-state index in [4.69, 9.17) is 38.3 Å². The highest BCUT2D eigenvalue weighted by molar-refractivity contribution is 5.78. The first-order valence-corrected chi connectivity index (χ1v) is 18.6. The van der Waals surface area contributed by atoms with Gasteiger partial charge in [-0.2, -0.15) is 0 Å². The molecular formula is C37H70O11. The molecule has 0 aliphatic heterocycles. The van der Waals surface area contributed by atoms with Gasteiger partial charge in [-0.15, -0.1) is 0 Å². The molecular weight excluding hydrogens is 620 g/mol. The number of rotatable bonds is 38. The second-order valence-corrected chi connectivity index (χ2v) is 13.2. The highest BCUT2D eigenvalue weighted by atomic mass is 16.6. The summed E-state index contributed by atoms with van der Waals surface area (Å²) >= 11 is 0. The highest BCUT2D eigenvalue weighted by Crippen LogP contribution is 2.15. The van der Waals surface area contributed by atoms with Crippen LogP contribution in [0.4, 0.5) is 0 Å². The Kier molecular flexibility index (Phi) is 34.0. The Morgan fingerprint density at radius 3 is 1.10 bits per heavy atom. The number of carboxylic acids is 1. The fourth-order valence-electron chi connectivity index (χ4n) is 4.86. The van der Waals surface area contributed by atoms with Crippen molar-refractivity contribution in [3.05, 3.63) is 0 Å². The number of hydrogen-bond donors (Lipinski definition) is 1. The predicted molar refractivity (Wildman–Crippen MR) is 187 cm³/mol. The standard InChI is InChI=1S/C37H70O11/c1-37(2,3)48-36(41)21-17-15-13-11-9-7-5-4-6-8-10-12-14-16-19-34(38)20-18-22-42-23-24-43-25-26-44-27-28-45-29-30-46-31-32-47-33-35(39)40/h4-33H2,1-3H3,(H,39,40). The van der Waals surface area contributed by atoms with E-state index in [1.165, 1.54) is 64.2 Å². The molecule has 0 bridgehead atoms. The lowest BCUT2D eigenvalue weighted by atomic mass is 10.0. The molecule has 0 aromatic carbocycles. The van der Waals surface area contributed by atoms with E-state index in [-0.39, 0.29) is 24.8 Å². The third-order valence-corrected chi connectivity index (χ3v) is 7.34. The predicted octanol–water partition coefficient (Wildman–Crippen LogP) is 7.10. The van der Waals surface area contributed by atoms with Crippen LogP contribution in [-0.2, 0) is 47.5 Å². The van der Waals surface area contributed by atoms with Crippen molar-refractivity contribution in [1.29, 1.82) is 0 Å². The van der Waals surface area contributed by atoms with Crippen LogP contribution >= 0.6 is 0 Å². The molecule has 0 aliphatic rings. The molecule has 0 aliphatic carbocycles.